The average Bonchev–Trinajstić information content (AvgIpc) is 2.68. The van der Waals surface area contributed by atoms with E-state index in [4.69, 9.17) is 10.8 Å². The minimum atomic E-state index is -3.91. The van der Waals surface area contributed by atoms with Crippen LogP contribution in [0.25, 0.3) is 0 Å². The Bertz CT molecular complexity index is 943. The van der Waals surface area contributed by atoms with Crippen LogP contribution in [0, 0.1) is 0 Å². The number of hydrogen-bond donors (Lipinski definition) is 4. The molecule has 0 saturated heterocycles. The first-order valence-corrected chi connectivity index (χ1v) is 9.33. The predicted octanol–water partition coefficient (Wildman–Crippen LogP) is 0.675. The second kappa shape index (κ2) is 8.62. The number of nitrogens with zero attached hydrogens (tertiary/aromatic N) is 2. The summed E-state index contributed by atoms with van der Waals surface area (Å²) in [5.41, 5.74) is 4.45. The summed E-state index contributed by atoms with van der Waals surface area (Å²) in [7, 11) is -2.69. The highest BCUT2D eigenvalue weighted by molar-refractivity contribution is 7.89. The van der Waals surface area contributed by atoms with Crippen LogP contribution in [0.5, 0.6) is 0 Å². The van der Waals surface area contributed by atoms with E-state index < -0.39 is 21.7 Å². The lowest BCUT2D eigenvalue weighted by atomic mass is 10.1. The number of aliphatic hydroxyl groups is 2. The summed E-state index contributed by atoms with van der Waals surface area (Å²) in [5.74, 6) is -0.872. The van der Waals surface area contributed by atoms with Crippen LogP contribution in [0.4, 0.5) is 5.82 Å². The number of benzene rings is 1. The maximum Gasteiger partial charge on any atom is 0.265 e. The first-order chi connectivity index (χ1) is 12.8. The van der Waals surface area contributed by atoms with Gasteiger partial charge in [0, 0.05) is 25.4 Å². The molecule has 0 saturated carbocycles. The van der Waals surface area contributed by atoms with Crippen molar-refractivity contribution in [3.05, 3.63) is 65.8 Å². The van der Waals surface area contributed by atoms with Crippen LogP contribution < -0.4 is 11.1 Å². The van der Waals surface area contributed by atoms with Crippen molar-refractivity contribution in [1.82, 2.24) is 9.29 Å². The van der Waals surface area contributed by atoms with Gasteiger partial charge in [-0.25, -0.2) is 13.4 Å². The quantitative estimate of drug-likeness (QED) is 0.440. The van der Waals surface area contributed by atoms with Crippen LogP contribution in [0.3, 0.4) is 0 Å². The second-order valence-electron chi connectivity index (χ2n) is 5.35. The number of sulfonamides is 1. The molecule has 0 aliphatic carbocycles. The van der Waals surface area contributed by atoms with Crippen LogP contribution >= 0.6 is 0 Å². The molecule has 10 heteroatoms. The van der Waals surface area contributed by atoms with Gasteiger partial charge in [-0.2, -0.15) is 0 Å². The van der Waals surface area contributed by atoms with Gasteiger partial charge in [0.25, 0.3) is 10.0 Å². The third kappa shape index (κ3) is 4.25. The number of likely N-dealkylation sites (N-methyl/N-ethyl adjacent to an activating group) is 1. The minimum Gasteiger partial charge on any atom is -0.493 e. The predicted molar refractivity (Wildman–Crippen MR) is 99.4 cm³/mol. The van der Waals surface area contributed by atoms with Crippen molar-refractivity contribution in [3.63, 3.8) is 0 Å². The summed E-state index contributed by atoms with van der Waals surface area (Å²) in [4.78, 5) is 16.4. The highest BCUT2D eigenvalue weighted by atomic mass is 32.2. The van der Waals surface area contributed by atoms with Gasteiger partial charge in [0.15, 0.2) is 5.70 Å². The van der Waals surface area contributed by atoms with E-state index in [0.717, 1.165) is 4.31 Å². The molecule has 2 aromatic rings. The Morgan fingerprint density at radius 3 is 2.44 bits per heavy atom. The van der Waals surface area contributed by atoms with E-state index in [1.54, 1.807) is 24.3 Å². The minimum absolute atomic E-state index is 0.0231. The number of carbonyl (C=O) groups is 1. The number of allylic oxidation sites excluding steroid dienone is 1. The summed E-state index contributed by atoms with van der Waals surface area (Å²) >= 11 is 0. The van der Waals surface area contributed by atoms with Crippen molar-refractivity contribution < 1.29 is 23.4 Å². The van der Waals surface area contributed by atoms with Gasteiger partial charge in [-0.15, -0.1) is 0 Å². The molecule has 9 nitrogen and oxygen atoms in total. The fourth-order valence-corrected chi connectivity index (χ4v) is 3.69. The molecule has 0 atom stereocenters. The number of carbonyl (C=O) groups excluding carboxylic acids is 1. The Morgan fingerprint density at radius 1 is 1.22 bits per heavy atom. The van der Waals surface area contributed by atoms with E-state index >= 15 is 0 Å². The van der Waals surface area contributed by atoms with Crippen molar-refractivity contribution >= 4 is 21.6 Å². The van der Waals surface area contributed by atoms with E-state index in [0.29, 0.717) is 6.54 Å². The molecular formula is C17H20N4O5S. The lowest BCUT2D eigenvalue weighted by Crippen LogP contribution is -2.38. The van der Waals surface area contributed by atoms with E-state index in [9.17, 15) is 18.3 Å². The molecule has 1 aliphatic heterocycles. The molecule has 1 aliphatic rings. The normalized spacial score (nSPS) is 16.7. The zero-order chi connectivity index (χ0) is 20.0. The standard InChI is InChI=1S/C15H13N3O4S.C2H7NO/c1-18-13(15(20)17-12-8-4-5-9-16-12)14(19)10-6-2-3-7-11(10)23(18,21)22;3-1-2-4/h2-9,20H,1H3,(H,16,17);4H,1-3H2/b15-13-;. The zero-order valence-corrected chi connectivity index (χ0v) is 15.3. The second-order valence-corrected chi connectivity index (χ2v) is 7.28. The van der Waals surface area contributed by atoms with Crippen molar-refractivity contribution in [2.45, 2.75) is 4.90 Å². The number of anilines is 1. The Kier molecular flexibility index (Phi) is 6.50. The van der Waals surface area contributed by atoms with E-state index in [-0.39, 0.29) is 28.6 Å². The van der Waals surface area contributed by atoms with Crippen LogP contribution in [0.1, 0.15) is 10.4 Å². The molecule has 1 aromatic heterocycles. The van der Waals surface area contributed by atoms with Crippen molar-refractivity contribution in [1.29, 1.82) is 0 Å². The number of nitrogens with two attached hydrogens (primary N) is 1. The van der Waals surface area contributed by atoms with E-state index in [2.05, 4.69) is 10.3 Å². The van der Waals surface area contributed by atoms with Crippen LogP contribution in [0.15, 0.2) is 65.1 Å². The SMILES string of the molecule is CN1/C(=C(\O)Nc2ccccn2)C(=O)c2ccccc2S1(=O)=O.NCCO. The highest BCUT2D eigenvalue weighted by Crippen LogP contribution is 2.31. The van der Waals surface area contributed by atoms with E-state index in [1.165, 1.54) is 31.4 Å². The smallest absolute Gasteiger partial charge is 0.265 e. The molecule has 2 heterocycles. The third-order valence-electron chi connectivity index (χ3n) is 3.56. The maximum atomic E-state index is 12.6. The number of pyridine rings is 1. The molecule has 0 fully saturated rings. The summed E-state index contributed by atoms with van der Waals surface area (Å²) in [6.45, 7) is 0.472. The summed E-state index contributed by atoms with van der Waals surface area (Å²) in [6.07, 6.45) is 1.50. The largest absolute Gasteiger partial charge is 0.493 e. The molecule has 5 N–H and O–H groups in total. The van der Waals surface area contributed by atoms with Gasteiger partial charge < -0.3 is 21.3 Å². The number of fused-ring (bicyclic) bond motifs is 1. The number of rotatable bonds is 3. The number of aromatic nitrogens is 1. The Balaban J connectivity index is 0.000000596. The number of hydrogen-bond acceptors (Lipinski definition) is 8. The number of Topliss-reactive ketones (excluding diaryl/α,β-unsaturated/α-hetero) is 1. The average molecular weight is 392 g/mol. The first-order valence-electron chi connectivity index (χ1n) is 7.89. The fraction of sp³-hybridized carbons (Fsp3) is 0.176. The molecule has 0 bridgehead atoms. The molecule has 0 spiro atoms. The van der Waals surface area contributed by atoms with Gasteiger partial charge in [0.1, 0.15) is 5.82 Å². The molecule has 144 valence electrons. The molecular weight excluding hydrogens is 372 g/mol. The van der Waals surface area contributed by atoms with Gasteiger partial charge in [0.05, 0.1) is 11.5 Å². The zero-order valence-electron chi connectivity index (χ0n) is 14.5. The van der Waals surface area contributed by atoms with Crippen molar-refractivity contribution in [2.75, 3.05) is 25.5 Å². The molecule has 3 rings (SSSR count). The van der Waals surface area contributed by atoms with Gasteiger partial charge >= 0.3 is 0 Å². The Morgan fingerprint density at radius 2 is 1.85 bits per heavy atom. The maximum absolute atomic E-state index is 12.6. The lowest BCUT2D eigenvalue weighted by Gasteiger charge is -2.28. The molecule has 0 amide bonds. The van der Waals surface area contributed by atoms with Gasteiger partial charge in [-0.05, 0) is 24.3 Å². The van der Waals surface area contributed by atoms with Crippen molar-refractivity contribution in [2.24, 2.45) is 5.73 Å². The third-order valence-corrected chi connectivity index (χ3v) is 5.38. The molecule has 1 aromatic carbocycles. The molecule has 27 heavy (non-hydrogen) atoms. The topological polar surface area (TPSA) is 146 Å². The molecule has 0 radical (unpaired) electrons. The first kappa shape index (κ1) is 20.4. The van der Waals surface area contributed by atoms with Crippen molar-refractivity contribution in [3.8, 4) is 0 Å². The van der Waals surface area contributed by atoms with E-state index in [1.807, 2.05) is 0 Å². The highest BCUT2D eigenvalue weighted by Gasteiger charge is 2.39. The summed E-state index contributed by atoms with van der Waals surface area (Å²) in [5, 5.41) is 20.5. The van der Waals surface area contributed by atoms with Crippen LogP contribution in [-0.2, 0) is 10.0 Å². The number of nitrogens with one attached hydrogen (secondary N) is 1. The van der Waals surface area contributed by atoms with Crippen LogP contribution in [-0.4, -0.2) is 53.9 Å². The summed E-state index contributed by atoms with van der Waals surface area (Å²) in [6, 6.07) is 10.8. The fourth-order valence-electron chi connectivity index (χ4n) is 2.29. The Hall–Kier alpha value is -2.95. The monoisotopic (exact) mass is 392 g/mol. The lowest BCUT2D eigenvalue weighted by molar-refractivity contribution is 0.0997. The summed E-state index contributed by atoms with van der Waals surface area (Å²) < 4.78 is 25.8. The van der Waals surface area contributed by atoms with Gasteiger partial charge in [0.2, 0.25) is 11.7 Å². The van der Waals surface area contributed by atoms with Gasteiger partial charge in [-0.3, -0.25) is 9.10 Å². The number of aliphatic hydroxyl groups excluding tert-OH is 2. The molecule has 0 unspecified atom stereocenters. The number of ketones is 1. The Labute approximate surface area is 156 Å². The van der Waals surface area contributed by atoms with Gasteiger partial charge in [-0.1, -0.05) is 18.2 Å². The van der Waals surface area contributed by atoms with Crippen LogP contribution in [0.2, 0.25) is 0 Å².